The van der Waals surface area contributed by atoms with Crippen LogP contribution in [0.25, 0.3) is 0 Å². The molecule has 0 atom stereocenters. The first-order valence-electron chi connectivity index (χ1n) is 8.02. The molecule has 0 aromatic heterocycles. The minimum atomic E-state index is -4.45. The molecule has 140 valence electrons. The van der Waals surface area contributed by atoms with Crippen LogP contribution in [0.4, 0.5) is 26.3 Å². The lowest BCUT2D eigenvalue weighted by atomic mass is 9.99. The van der Waals surface area contributed by atoms with Crippen molar-refractivity contribution in [3.05, 3.63) is 70.8 Å². The summed E-state index contributed by atoms with van der Waals surface area (Å²) < 4.78 is 76.3. The molecule has 2 aromatic carbocycles. The maximum Gasteiger partial charge on any atom is 0.416 e. The molecule has 0 unspecified atom stereocenters. The van der Waals surface area contributed by atoms with Crippen molar-refractivity contribution >= 4 is 5.71 Å². The number of aliphatic imine (C=N–C) groups is 1. The predicted octanol–water partition coefficient (Wildman–Crippen LogP) is 6.36. The van der Waals surface area contributed by atoms with Crippen LogP contribution in [0, 0.1) is 0 Å². The van der Waals surface area contributed by atoms with E-state index in [2.05, 4.69) is 4.99 Å². The molecule has 0 aliphatic heterocycles. The Morgan fingerprint density at radius 3 is 1.42 bits per heavy atom. The normalized spacial score (nSPS) is 12.1. The van der Waals surface area contributed by atoms with Gasteiger partial charge in [-0.2, -0.15) is 26.3 Å². The maximum atomic E-state index is 12.7. The average molecular weight is 373 g/mol. The van der Waals surface area contributed by atoms with Crippen molar-refractivity contribution in [3.8, 4) is 0 Å². The summed E-state index contributed by atoms with van der Waals surface area (Å²) in [5, 5.41) is 0. The molecule has 0 aliphatic carbocycles. The molecule has 0 heterocycles. The number of benzene rings is 2. The number of hydrogen-bond donors (Lipinski definition) is 0. The van der Waals surface area contributed by atoms with Crippen molar-refractivity contribution in [1.29, 1.82) is 0 Å². The summed E-state index contributed by atoms with van der Waals surface area (Å²) in [6, 6.07) is 8.89. The quantitative estimate of drug-likeness (QED) is 0.328. The highest BCUT2D eigenvalue weighted by Gasteiger charge is 2.31. The van der Waals surface area contributed by atoms with Crippen molar-refractivity contribution in [2.45, 2.75) is 32.1 Å². The Kier molecular flexibility index (Phi) is 6.10. The van der Waals surface area contributed by atoms with Crippen molar-refractivity contribution in [2.24, 2.45) is 4.99 Å². The fourth-order valence-corrected chi connectivity index (χ4v) is 2.33. The molecule has 1 nitrogen and oxygen atoms in total. The van der Waals surface area contributed by atoms with Crippen LogP contribution in [-0.2, 0) is 12.4 Å². The molecule has 0 N–H and O–H groups in total. The molecular formula is C19H17F6N. The van der Waals surface area contributed by atoms with Gasteiger partial charge < -0.3 is 0 Å². The predicted molar refractivity (Wildman–Crippen MR) is 88.3 cm³/mol. The van der Waals surface area contributed by atoms with Gasteiger partial charge >= 0.3 is 12.4 Å². The summed E-state index contributed by atoms with van der Waals surface area (Å²) in [7, 11) is 0. The molecule has 0 saturated carbocycles. The van der Waals surface area contributed by atoms with Gasteiger partial charge in [-0.05, 0) is 30.7 Å². The Hall–Kier alpha value is -2.31. The van der Waals surface area contributed by atoms with Gasteiger partial charge in [-0.1, -0.05) is 37.6 Å². The van der Waals surface area contributed by atoms with E-state index in [1.165, 1.54) is 24.3 Å². The molecule has 0 amide bonds. The lowest BCUT2D eigenvalue weighted by molar-refractivity contribution is -0.138. The molecule has 0 saturated heterocycles. The van der Waals surface area contributed by atoms with Gasteiger partial charge in [-0.15, -0.1) is 0 Å². The Labute approximate surface area is 147 Å². The van der Waals surface area contributed by atoms with Crippen LogP contribution >= 0.6 is 0 Å². The van der Waals surface area contributed by atoms with Crippen LogP contribution in [0.15, 0.2) is 53.5 Å². The molecule has 26 heavy (non-hydrogen) atoms. The van der Waals surface area contributed by atoms with Gasteiger partial charge in [0.15, 0.2) is 0 Å². The van der Waals surface area contributed by atoms with Crippen LogP contribution < -0.4 is 0 Å². The first kappa shape index (κ1) is 20.0. The molecule has 0 aliphatic rings. The summed E-state index contributed by atoms with van der Waals surface area (Å²) in [4.78, 5) is 4.39. The van der Waals surface area contributed by atoms with E-state index in [-0.39, 0.29) is 0 Å². The maximum absolute atomic E-state index is 12.7. The second kappa shape index (κ2) is 7.93. The fraction of sp³-hybridized carbons (Fsp3) is 0.316. The minimum Gasteiger partial charge on any atom is -0.284 e. The summed E-state index contributed by atoms with van der Waals surface area (Å²) >= 11 is 0. The van der Waals surface area contributed by atoms with Gasteiger partial charge in [0, 0.05) is 17.7 Å². The van der Waals surface area contributed by atoms with Crippen LogP contribution in [0.3, 0.4) is 0 Å². The summed E-state index contributed by atoms with van der Waals surface area (Å²) in [5.74, 6) is 0. The molecule has 0 bridgehead atoms. The third-order valence-electron chi connectivity index (χ3n) is 3.75. The number of nitrogens with zero attached hydrogens (tertiary/aromatic N) is 1. The summed E-state index contributed by atoms with van der Waals surface area (Å²) in [6.45, 7) is 2.40. The van der Waals surface area contributed by atoms with Crippen molar-refractivity contribution in [2.75, 3.05) is 6.54 Å². The van der Waals surface area contributed by atoms with E-state index >= 15 is 0 Å². The third-order valence-corrected chi connectivity index (χ3v) is 3.75. The van der Waals surface area contributed by atoms with E-state index in [1.807, 2.05) is 6.92 Å². The zero-order chi connectivity index (χ0) is 19.4. The molecule has 0 radical (unpaired) electrons. The number of unbranched alkanes of at least 4 members (excludes halogenated alkanes) is 1. The van der Waals surface area contributed by atoms with Gasteiger partial charge in [0.2, 0.25) is 0 Å². The van der Waals surface area contributed by atoms with Gasteiger partial charge in [-0.3, -0.25) is 4.99 Å². The molecule has 0 fully saturated rings. The highest BCUT2D eigenvalue weighted by Crippen LogP contribution is 2.31. The van der Waals surface area contributed by atoms with E-state index in [9.17, 15) is 26.3 Å². The number of rotatable bonds is 5. The Balaban J connectivity index is 2.39. The largest absolute Gasteiger partial charge is 0.416 e. The second-order valence-corrected chi connectivity index (χ2v) is 5.73. The average Bonchev–Trinajstić information content (AvgIpc) is 2.58. The second-order valence-electron chi connectivity index (χ2n) is 5.73. The first-order valence-corrected chi connectivity index (χ1v) is 8.02. The topological polar surface area (TPSA) is 12.4 Å². The smallest absolute Gasteiger partial charge is 0.284 e. The van der Waals surface area contributed by atoms with Crippen LogP contribution in [0.5, 0.6) is 0 Å². The van der Waals surface area contributed by atoms with Gasteiger partial charge in [0.25, 0.3) is 0 Å². The van der Waals surface area contributed by atoms with Crippen molar-refractivity contribution < 1.29 is 26.3 Å². The van der Waals surface area contributed by atoms with Crippen molar-refractivity contribution in [3.63, 3.8) is 0 Å². The van der Waals surface area contributed by atoms with E-state index < -0.39 is 23.5 Å². The van der Waals surface area contributed by atoms with Gasteiger partial charge in [-0.25, -0.2) is 0 Å². The van der Waals surface area contributed by atoms with E-state index in [4.69, 9.17) is 0 Å². The number of hydrogen-bond acceptors (Lipinski definition) is 1. The summed E-state index contributed by atoms with van der Waals surface area (Å²) in [6.07, 6.45) is -7.26. The number of alkyl halides is 6. The lowest BCUT2D eigenvalue weighted by Crippen LogP contribution is -2.09. The van der Waals surface area contributed by atoms with Gasteiger partial charge in [0.05, 0.1) is 16.8 Å². The Morgan fingerprint density at radius 1 is 0.731 bits per heavy atom. The Bertz CT molecular complexity index is 680. The lowest BCUT2D eigenvalue weighted by Gasteiger charge is -2.12. The van der Waals surface area contributed by atoms with E-state index in [1.54, 1.807) is 0 Å². The SMILES string of the molecule is CCCCN=C(c1ccc(C(F)(F)F)cc1)c1ccc(C(F)(F)F)cc1. The molecule has 2 rings (SSSR count). The minimum absolute atomic E-state index is 0.376. The standard InChI is InChI=1S/C19H17F6N/c1-2-3-12-26-17(13-4-8-15(9-5-13)18(20,21)22)14-6-10-16(11-7-14)19(23,24)25/h4-11H,2-3,12H2,1H3. The zero-order valence-corrected chi connectivity index (χ0v) is 14.0. The van der Waals surface area contributed by atoms with E-state index in [0.717, 1.165) is 37.1 Å². The van der Waals surface area contributed by atoms with Crippen molar-refractivity contribution in [1.82, 2.24) is 0 Å². The van der Waals surface area contributed by atoms with Gasteiger partial charge in [0.1, 0.15) is 0 Å². The monoisotopic (exact) mass is 373 g/mol. The molecule has 2 aromatic rings. The Morgan fingerprint density at radius 2 is 1.12 bits per heavy atom. The number of halogens is 6. The molecule has 7 heteroatoms. The van der Waals surface area contributed by atoms with Crippen LogP contribution in [0.1, 0.15) is 42.0 Å². The van der Waals surface area contributed by atoms with Crippen LogP contribution in [0.2, 0.25) is 0 Å². The summed E-state index contributed by atoms with van der Waals surface area (Å²) in [5.41, 5.74) is -0.355. The third kappa shape index (κ3) is 5.09. The van der Waals surface area contributed by atoms with E-state index in [0.29, 0.717) is 23.4 Å². The molecule has 0 spiro atoms. The fourth-order valence-electron chi connectivity index (χ4n) is 2.33. The molecular weight excluding hydrogens is 356 g/mol. The zero-order valence-electron chi connectivity index (χ0n) is 14.0. The highest BCUT2D eigenvalue weighted by atomic mass is 19.4. The first-order chi connectivity index (χ1) is 12.1. The highest BCUT2D eigenvalue weighted by molar-refractivity contribution is 6.12. The van der Waals surface area contributed by atoms with Crippen LogP contribution in [-0.4, -0.2) is 12.3 Å².